The van der Waals surface area contributed by atoms with E-state index in [4.69, 9.17) is 19.9 Å². The summed E-state index contributed by atoms with van der Waals surface area (Å²) in [4.78, 5) is 15.0. The Kier molecular flexibility index (Phi) is 10.7. The van der Waals surface area contributed by atoms with Crippen LogP contribution < -0.4 is 10.5 Å². The van der Waals surface area contributed by atoms with Crippen LogP contribution in [-0.4, -0.2) is 79.3 Å². The first-order valence-corrected chi connectivity index (χ1v) is 14.6. The number of halogens is 4. The van der Waals surface area contributed by atoms with E-state index in [1.165, 1.54) is 18.2 Å². The third-order valence-corrected chi connectivity index (χ3v) is 8.31. The van der Waals surface area contributed by atoms with Crippen molar-refractivity contribution in [3.8, 4) is 16.9 Å². The smallest absolute Gasteiger partial charge is 0.416 e. The van der Waals surface area contributed by atoms with E-state index in [-0.39, 0.29) is 67.5 Å². The van der Waals surface area contributed by atoms with E-state index < -0.39 is 47.3 Å². The molecule has 1 amide bonds. The summed E-state index contributed by atoms with van der Waals surface area (Å²) in [5.41, 5.74) is 2.74. The van der Waals surface area contributed by atoms with Crippen LogP contribution in [0.4, 0.5) is 17.6 Å². The molecule has 12 heteroatoms. The molecule has 2 aliphatic rings. The van der Waals surface area contributed by atoms with Gasteiger partial charge in [-0.2, -0.15) is 13.2 Å². The Bertz CT molecular complexity index is 1250. The summed E-state index contributed by atoms with van der Waals surface area (Å²) in [5, 5.41) is 22.5. The molecule has 0 unspecified atom stereocenters. The molecule has 0 spiro atoms. The van der Waals surface area contributed by atoms with E-state index in [2.05, 4.69) is 0 Å². The van der Waals surface area contributed by atoms with Crippen LogP contribution in [-0.2, 0) is 26.0 Å². The largest absolute Gasteiger partial charge is 0.494 e. The molecule has 1 saturated carbocycles. The number of hydrogen-bond donors (Lipinski definition) is 3. The number of alkyl halides is 3. The van der Waals surface area contributed by atoms with Crippen molar-refractivity contribution in [2.45, 2.75) is 69.1 Å². The Hall–Kier alpha value is -2.77. The lowest BCUT2D eigenvalue weighted by Gasteiger charge is -2.43. The Morgan fingerprint density at radius 3 is 2.60 bits per heavy atom. The monoisotopic (exact) mass is 612 g/mol. The van der Waals surface area contributed by atoms with Gasteiger partial charge in [0.15, 0.2) is 0 Å². The molecule has 8 nitrogen and oxygen atoms in total. The number of amides is 1. The maximum absolute atomic E-state index is 15.7. The number of hydrogen-bond acceptors (Lipinski definition) is 7. The second-order valence-electron chi connectivity index (χ2n) is 11.3. The maximum Gasteiger partial charge on any atom is 0.416 e. The molecular formula is C31H40F4N2O6. The van der Waals surface area contributed by atoms with Gasteiger partial charge in [-0.15, -0.1) is 0 Å². The lowest BCUT2D eigenvalue weighted by Crippen LogP contribution is -2.55. The molecule has 43 heavy (non-hydrogen) atoms. The maximum atomic E-state index is 15.7. The van der Waals surface area contributed by atoms with Crippen molar-refractivity contribution < 1.29 is 46.8 Å². The van der Waals surface area contributed by atoms with Crippen LogP contribution >= 0.6 is 0 Å². The van der Waals surface area contributed by atoms with E-state index in [0.29, 0.717) is 25.9 Å². The second kappa shape index (κ2) is 13.9. The molecule has 2 aromatic carbocycles. The Morgan fingerprint density at radius 2 is 1.95 bits per heavy atom. The SMILES string of the molecule is CCOc1cc(-c2c(F)cccc2[C@@](O)(CCCCOC)[C@H]2CN(C(=O)[C@H]3C[C@@H](N)[C@@H](O)C3)CCO2)cc(C(F)(F)F)c1. The number of rotatable bonds is 11. The first-order valence-electron chi connectivity index (χ1n) is 14.6. The van der Waals surface area contributed by atoms with E-state index in [9.17, 15) is 28.2 Å². The molecule has 4 N–H and O–H groups in total. The van der Waals surface area contributed by atoms with Crippen molar-refractivity contribution in [1.82, 2.24) is 4.90 Å². The summed E-state index contributed by atoms with van der Waals surface area (Å²) < 4.78 is 73.9. The van der Waals surface area contributed by atoms with Gasteiger partial charge in [0, 0.05) is 37.8 Å². The molecular weight excluding hydrogens is 572 g/mol. The molecule has 1 heterocycles. The first-order chi connectivity index (χ1) is 20.4. The van der Waals surface area contributed by atoms with Crippen molar-refractivity contribution in [1.29, 1.82) is 0 Å². The highest BCUT2D eigenvalue weighted by molar-refractivity contribution is 5.79. The third-order valence-electron chi connectivity index (χ3n) is 8.31. The van der Waals surface area contributed by atoms with Gasteiger partial charge >= 0.3 is 6.18 Å². The van der Waals surface area contributed by atoms with Gasteiger partial charge in [0.25, 0.3) is 0 Å². The first kappa shape index (κ1) is 33.1. The molecule has 1 aliphatic heterocycles. The zero-order valence-electron chi connectivity index (χ0n) is 24.4. The van der Waals surface area contributed by atoms with Gasteiger partial charge in [0.05, 0.1) is 31.4 Å². The number of methoxy groups -OCH3 is 1. The van der Waals surface area contributed by atoms with Crippen molar-refractivity contribution in [3.05, 3.63) is 53.3 Å². The topological polar surface area (TPSA) is 114 Å². The zero-order chi connectivity index (χ0) is 31.4. The van der Waals surface area contributed by atoms with E-state index >= 15 is 4.39 Å². The van der Waals surface area contributed by atoms with Crippen molar-refractivity contribution in [2.24, 2.45) is 11.7 Å². The minimum absolute atomic E-state index is 0.0375. The number of ether oxygens (including phenoxy) is 3. The average molecular weight is 613 g/mol. The predicted molar refractivity (Wildman–Crippen MR) is 151 cm³/mol. The van der Waals surface area contributed by atoms with Crippen LogP contribution in [0.2, 0.25) is 0 Å². The fourth-order valence-electron chi connectivity index (χ4n) is 6.09. The molecule has 2 fully saturated rings. The van der Waals surface area contributed by atoms with Gasteiger partial charge in [0.1, 0.15) is 23.3 Å². The van der Waals surface area contributed by atoms with Gasteiger partial charge in [-0.05, 0) is 74.4 Å². The molecule has 4 rings (SSSR count). The van der Waals surface area contributed by atoms with Gasteiger partial charge in [0.2, 0.25) is 5.91 Å². The standard InChI is InChI=1S/C31H40F4N2O6/c1-3-42-22-14-19(13-21(17-22)31(33,34)35)28-23(7-6-8-24(28)32)30(40,9-4-5-11-41-2)27-18-37(10-12-43-27)29(39)20-15-25(36)26(38)16-20/h6-8,13-14,17,20,25-27,38,40H,3-5,9-12,15-16,18,36H2,1-2H3/t20-,25+,26-,27+,30-/m0/s1. The molecule has 0 aromatic heterocycles. The fraction of sp³-hybridized carbons (Fsp3) is 0.581. The van der Waals surface area contributed by atoms with Crippen LogP contribution in [0.15, 0.2) is 36.4 Å². The van der Waals surface area contributed by atoms with E-state index in [0.717, 1.165) is 18.2 Å². The second-order valence-corrected chi connectivity index (χ2v) is 11.3. The fourth-order valence-corrected chi connectivity index (χ4v) is 6.09. The lowest BCUT2D eigenvalue weighted by atomic mass is 9.78. The van der Waals surface area contributed by atoms with Crippen LogP contribution in [0.25, 0.3) is 11.1 Å². The predicted octanol–water partition coefficient (Wildman–Crippen LogP) is 4.24. The molecule has 5 atom stereocenters. The molecule has 0 radical (unpaired) electrons. The Labute approximate surface area is 248 Å². The van der Waals surface area contributed by atoms with E-state index in [1.54, 1.807) is 18.9 Å². The average Bonchev–Trinajstić information content (AvgIpc) is 3.32. The number of benzene rings is 2. The number of carbonyl (C=O) groups is 1. The quantitative estimate of drug-likeness (QED) is 0.257. The normalized spacial score (nSPS) is 24.2. The van der Waals surface area contributed by atoms with Crippen molar-refractivity contribution >= 4 is 5.91 Å². The van der Waals surface area contributed by atoms with Crippen molar-refractivity contribution in [2.75, 3.05) is 40.0 Å². The van der Waals surface area contributed by atoms with Gasteiger partial charge in [-0.3, -0.25) is 4.79 Å². The van der Waals surface area contributed by atoms with Gasteiger partial charge in [-0.25, -0.2) is 4.39 Å². The highest BCUT2D eigenvalue weighted by Crippen LogP contribution is 2.44. The highest BCUT2D eigenvalue weighted by Gasteiger charge is 2.46. The number of carbonyl (C=O) groups excluding carboxylic acids is 1. The van der Waals surface area contributed by atoms with Crippen molar-refractivity contribution in [3.63, 3.8) is 0 Å². The van der Waals surface area contributed by atoms with Crippen LogP contribution in [0.5, 0.6) is 5.75 Å². The molecule has 1 aliphatic carbocycles. The molecule has 1 saturated heterocycles. The lowest BCUT2D eigenvalue weighted by molar-refractivity contribution is -0.167. The summed E-state index contributed by atoms with van der Waals surface area (Å²) in [6.07, 6.45) is -4.95. The van der Waals surface area contributed by atoms with Crippen LogP contribution in [0, 0.1) is 11.7 Å². The number of morpholine rings is 1. The minimum atomic E-state index is -4.73. The number of nitrogens with two attached hydrogens (primary N) is 1. The Balaban J connectivity index is 1.77. The number of unbranched alkanes of at least 4 members (excludes halogenated alkanes) is 1. The van der Waals surface area contributed by atoms with Gasteiger partial charge in [-0.1, -0.05) is 12.1 Å². The summed E-state index contributed by atoms with van der Waals surface area (Å²) in [6.45, 7) is 2.42. The highest BCUT2D eigenvalue weighted by atomic mass is 19.4. The number of nitrogens with zero attached hydrogens (tertiary/aromatic N) is 1. The number of aliphatic hydroxyl groups is 2. The third kappa shape index (κ3) is 7.49. The zero-order valence-corrected chi connectivity index (χ0v) is 24.4. The summed E-state index contributed by atoms with van der Waals surface area (Å²) in [5.74, 6) is -1.62. The van der Waals surface area contributed by atoms with Crippen LogP contribution in [0.3, 0.4) is 0 Å². The minimum Gasteiger partial charge on any atom is -0.494 e. The number of aliphatic hydroxyl groups excluding tert-OH is 1. The summed E-state index contributed by atoms with van der Waals surface area (Å²) >= 11 is 0. The Morgan fingerprint density at radius 1 is 1.19 bits per heavy atom. The summed E-state index contributed by atoms with van der Waals surface area (Å²) in [6, 6.07) is 6.48. The van der Waals surface area contributed by atoms with Gasteiger partial charge < -0.3 is 35.1 Å². The van der Waals surface area contributed by atoms with Crippen LogP contribution in [0.1, 0.15) is 50.2 Å². The molecule has 2 aromatic rings. The van der Waals surface area contributed by atoms with E-state index in [1.807, 2.05) is 0 Å². The molecule has 0 bridgehead atoms. The molecule has 238 valence electrons. The summed E-state index contributed by atoms with van der Waals surface area (Å²) in [7, 11) is 1.54.